The molecule has 0 saturated heterocycles. The minimum atomic E-state index is 0.817. The largest absolute Gasteiger partial charge is 0.295 e. The van der Waals surface area contributed by atoms with E-state index in [1.165, 1.54) is 11.8 Å². The van der Waals surface area contributed by atoms with Crippen LogP contribution >= 0.6 is 11.8 Å². The van der Waals surface area contributed by atoms with Crippen LogP contribution in [-0.4, -0.2) is 42.7 Å². The second-order valence-electron chi connectivity index (χ2n) is 3.01. The van der Waals surface area contributed by atoms with E-state index in [4.69, 9.17) is 0 Å². The molecule has 0 aromatic heterocycles. The highest BCUT2D eigenvalue weighted by molar-refractivity contribution is 8.13. The second kappa shape index (κ2) is 8.20. The van der Waals surface area contributed by atoms with Crippen LogP contribution in [0.1, 0.15) is 6.92 Å². The molecule has 0 amide bonds. The summed E-state index contributed by atoms with van der Waals surface area (Å²) in [5.41, 5.74) is 6.85. The van der Waals surface area contributed by atoms with Gasteiger partial charge in [0, 0.05) is 26.8 Å². The molecule has 0 unspecified atom stereocenters. The molecule has 5 nitrogen and oxygen atoms in total. The minimum Gasteiger partial charge on any atom is -0.295 e. The van der Waals surface area contributed by atoms with Crippen LogP contribution in [0.5, 0.6) is 0 Å². The number of amidine groups is 1. The summed E-state index contributed by atoms with van der Waals surface area (Å²) in [6, 6.07) is 0. The van der Waals surface area contributed by atoms with E-state index < -0.39 is 0 Å². The number of allylic oxidation sites excluding steroid dienone is 2. The van der Waals surface area contributed by atoms with Crippen LogP contribution in [0.2, 0.25) is 0 Å². The zero-order valence-corrected chi connectivity index (χ0v) is 11.4. The van der Waals surface area contributed by atoms with Crippen molar-refractivity contribution in [3.05, 3.63) is 24.4 Å². The van der Waals surface area contributed by atoms with Crippen LogP contribution in [0.4, 0.5) is 0 Å². The van der Waals surface area contributed by atoms with Gasteiger partial charge in [0.05, 0.1) is 0 Å². The lowest BCUT2D eigenvalue weighted by Gasteiger charge is -2.30. The quantitative estimate of drug-likeness (QED) is 0.329. The van der Waals surface area contributed by atoms with E-state index in [1.807, 2.05) is 44.4 Å². The fourth-order valence-corrected chi connectivity index (χ4v) is 1.23. The molecule has 0 aromatic carbocycles. The van der Waals surface area contributed by atoms with Crippen molar-refractivity contribution < 1.29 is 0 Å². The van der Waals surface area contributed by atoms with Crippen LogP contribution in [0.3, 0.4) is 0 Å². The summed E-state index contributed by atoms with van der Waals surface area (Å²) in [4.78, 5) is 4.04. The van der Waals surface area contributed by atoms with Gasteiger partial charge in [0.2, 0.25) is 0 Å². The Hall–Kier alpha value is -0.980. The van der Waals surface area contributed by atoms with E-state index in [9.17, 15) is 0 Å². The molecular weight excluding hydrogens is 222 g/mol. The maximum atomic E-state index is 4.04. The number of nitrogens with zero attached hydrogens (tertiary/aromatic N) is 3. The molecule has 92 valence electrons. The summed E-state index contributed by atoms with van der Waals surface area (Å²) >= 11 is 1.54. The van der Waals surface area contributed by atoms with Crippen LogP contribution < -0.4 is 11.0 Å². The zero-order chi connectivity index (χ0) is 12.6. The van der Waals surface area contributed by atoms with Gasteiger partial charge in [0.15, 0.2) is 5.17 Å². The van der Waals surface area contributed by atoms with Crippen molar-refractivity contribution in [2.75, 3.05) is 27.4 Å². The molecule has 0 atom stereocenters. The van der Waals surface area contributed by atoms with E-state index in [0.717, 1.165) is 10.9 Å². The Morgan fingerprint density at radius 3 is 2.50 bits per heavy atom. The first-order chi connectivity index (χ1) is 7.56. The van der Waals surface area contributed by atoms with Crippen molar-refractivity contribution in [1.29, 1.82) is 0 Å². The SMILES string of the molecule is C=C(/C=C\C)N(C)N(C)NNC(=NC)SC. The highest BCUT2D eigenvalue weighted by atomic mass is 32.2. The fraction of sp³-hybridized carbons (Fsp3) is 0.500. The van der Waals surface area contributed by atoms with Crippen molar-refractivity contribution in [2.24, 2.45) is 4.99 Å². The number of hydrogen-bond donors (Lipinski definition) is 2. The number of nitrogens with one attached hydrogen (secondary N) is 2. The maximum Gasteiger partial charge on any atom is 0.171 e. The molecular formula is C10H21N5S. The van der Waals surface area contributed by atoms with Crippen molar-refractivity contribution >= 4 is 16.9 Å². The van der Waals surface area contributed by atoms with Crippen LogP contribution in [-0.2, 0) is 0 Å². The molecule has 2 N–H and O–H groups in total. The predicted octanol–water partition coefficient (Wildman–Crippen LogP) is 1.21. The number of rotatable bonds is 5. The fourth-order valence-electron chi connectivity index (χ4n) is 0.895. The van der Waals surface area contributed by atoms with Crippen molar-refractivity contribution in [1.82, 2.24) is 21.1 Å². The number of likely N-dealkylation sites (N-methyl/N-ethyl adjacent to an activating group) is 1. The molecule has 0 aliphatic rings. The topological polar surface area (TPSA) is 42.9 Å². The lowest BCUT2D eigenvalue weighted by molar-refractivity contribution is 0.00291. The Morgan fingerprint density at radius 2 is 2.06 bits per heavy atom. The Labute approximate surface area is 102 Å². The lowest BCUT2D eigenvalue weighted by Crippen LogP contribution is -2.52. The first-order valence-corrected chi connectivity index (χ1v) is 6.10. The van der Waals surface area contributed by atoms with Crippen molar-refractivity contribution in [3.8, 4) is 0 Å². The Bertz CT molecular complexity index is 274. The van der Waals surface area contributed by atoms with Gasteiger partial charge in [-0.3, -0.25) is 15.4 Å². The van der Waals surface area contributed by atoms with Gasteiger partial charge in [-0.1, -0.05) is 24.4 Å². The molecule has 0 aromatic rings. The van der Waals surface area contributed by atoms with Crippen LogP contribution in [0.15, 0.2) is 29.4 Å². The monoisotopic (exact) mass is 243 g/mol. The third kappa shape index (κ3) is 5.20. The molecule has 0 aliphatic carbocycles. The standard InChI is InChI=1S/C10H21N5S/c1-7-8-9(2)14(4)15(5)13-12-10(11-3)16-6/h7-8,13H,2H2,1,3-6H3,(H,11,12)/b8-7-. The summed E-state index contributed by atoms with van der Waals surface area (Å²) < 4.78 is 0. The molecule has 0 spiro atoms. The maximum absolute atomic E-state index is 4.04. The summed E-state index contributed by atoms with van der Waals surface area (Å²) in [5, 5.41) is 4.47. The molecule has 0 radical (unpaired) electrons. The highest BCUT2D eigenvalue weighted by Crippen LogP contribution is 2.01. The Balaban J connectivity index is 4.15. The average Bonchev–Trinajstić information content (AvgIpc) is 2.29. The Morgan fingerprint density at radius 1 is 1.44 bits per heavy atom. The zero-order valence-electron chi connectivity index (χ0n) is 10.6. The van der Waals surface area contributed by atoms with E-state index >= 15 is 0 Å². The van der Waals surface area contributed by atoms with Crippen LogP contribution in [0, 0.1) is 0 Å². The van der Waals surface area contributed by atoms with Gasteiger partial charge in [0.25, 0.3) is 0 Å². The molecule has 0 heterocycles. The van der Waals surface area contributed by atoms with E-state index in [1.54, 1.807) is 12.2 Å². The summed E-state index contributed by atoms with van der Waals surface area (Å²) in [7, 11) is 5.54. The van der Waals surface area contributed by atoms with Gasteiger partial charge in [-0.2, -0.15) is 0 Å². The molecule has 0 bridgehead atoms. The van der Waals surface area contributed by atoms with E-state index in [2.05, 4.69) is 22.5 Å². The van der Waals surface area contributed by atoms with Gasteiger partial charge in [-0.25, -0.2) is 0 Å². The average molecular weight is 243 g/mol. The molecule has 0 fully saturated rings. The number of aliphatic imine (C=N–C) groups is 1. The van der Waals surface area contributed by atoms with Crippen LogP contribution in [0.25, 0.3) is 0 Å². The smallest absolute Gasteiger partial charge is 0.171 e. The molecule has 0 aliphatic heterocycles. The summed E-state index contributed by atoms with van der Waals surface area (Å²) in [5.74, 6) is 0. The molecule has 0 saturated carbocycles. The normalized spacial score (nSPS) is 12.2. The second-order valence-corrected chi connectivity index (χ2v) is 3.80. The number of thioether (sulfide) groups is 1. The first kappa shape index (κ1) is 15.0. The van der Waals surface area contributed by atoms with Gasteiger partial charge in [0.1, 0.15) is 0 Å². The number of hydrogen-bond acceptors (Lipinski definition) is 5. The van der Waals surface area contributed by atoms with Gasteiger partial charge < -0.3 is 0 Å². The van der Waals surface area contributed by atoms with Gasteiger partial charge in [-0.05, 0) is 19.3 Å². The molecule has 6 heteroatoms. The highest BCUT2D eigenvalue weighted by Gasteiger charge is 2.05. The Kier molecular flexibility index (Phi) is 7.70. The number of hydrazine groups is 3. The summed E-state index contributed by atoms with van der Waals surface area (Å²) in [6.45, 7) is 5.89. The van der Waals surface area contributed by atoms with E-state index in [-0.39, 0.29) is 0 Å². The van der Waals surface area contributed by atoms with Crippen molar-refractivity contribution in [3.63, 3.8) is 0 Å². The summed E-state index contributed by atoms with van der Waals surface area (Å²) in [6.07, 6.45) is 5.84. The first-order valence-electron chi connectivity index (χ1n) is 4.88. The van der Waals surface area contributed by atoms with E-state index in [0.29, 0.717) is 0 Å². The molecule has 16 heavy (non-hydrogen) atoms. The van der Waals surface area contributed by atoms with Gasteiger partial charge in [-0.15, -0.1) is 10.7 Å². The van der Waals surface area contributed by atoms with Crippen molar-refractivity contribution in [2.45, 2.75) is 6.92 Å². The van der Waals surface area contributed by atoms with Gasteiger partial charge >= 0.3 is 0 Å². The predicted molar refractivity (Wildman–Crippen MR) is 72.6 cm³/mol. The lowest BCUT2D eigenvalue weighted by atomic mass is 10.4. The minimum absolute atomic E-state index is 0.817. The molecule has 0 rings (SSSR count). The third-order valence-corrected chi connectivity index (χ3v) is 2.62. The third-order valence-electron chi connectivity index (χ3n) is 1.95.